The zero-order chi connectivity index (χ0) is 39.0. The average molecular weight is 768 g/mol. The maximum Gasteiger partial charge on any atom is 0.272 e. The lowest BCUT2D eigenvalue weighted by molar-refractivity contribution is -0.110. The van der Waals surface area contributed by atoms with Gasteiger partial charge in [0.15, 0.2) is 5.82 Å². The van der Waals surface area contributed by atoms with Gasteiger partial charge in [0, 0.05) is 51.8 Å². The minimum absolute atomic E-state index is 0.123. The molecule has 1 aliphatic heterocycles. The summed E-state index contributed by atoms with van der Waals surface area (Å²) in [4.78, 5) is 37.9. The van der Waals surface area contributed by atoms with Gasteiger partial charge in [-0.25, -0.2) is 4.98 Å². The lowest BCUT2D eigenvalue weighted by Crippen LogP contribution is -2.42. The molecule has 54 heavy (non-hydrogen) atoms. The van der Waals surface area contributed by atoms with Crippen LogP contribution in [0.3, 0.4) is 0 Å². The number of pyridine rings is 1. The molecule has 1 atom stereocenters. The second-order valence-electron chi connectivity index (χ2n) is 14.3. The molecule has 0 radical (unpaired) electrons. The normalized spacial score (nSPS) is 14.3. The molecule has 1 saturated heterocycles. The van der Waals surface area contributed by atoms with Crippen molar-refractivity contribution in [3.63, 3.8) is 0 Å². The van der Waals surface area contributed by atoms with Gasteiger partial charge in [0.1, 0.15) is 5.69 Å². The predicted octanol–water partition coefficient (Wildman–Crippen LogP) is 9.71. The molecule has 0 spiro atoms. The molecule has 1 fully saturated rings. The first-order chi connectivity index (χ1) is 25.8. The Bertz CT molecular complexity index is 2090. The van der Waals surface area contributed by atoms with E-state index < -0.39 is 5.60 Å². The second-order valence-corrected chi connectivity index (χ2v) is 15.1. The summed E-state index contributed by atoms with van der Waals surface area (Å²) in [5, 5.41) is 16.6. The highest BCUT2D eigenvalue weighted by Crippen LogP contribution is 2.41. The third kappa shape index (κ3) is 9.91. The van der Waals surface area contributed by atoms with E-state index in [1.54, 1.807) is 33.2 Å². The molecule has 5 aromatic rings. The van der Waals surface area contributed by atoms with E-state index >= 15 is 0 Å². The highest BCUT2D eigenvalue weighted by Gasteiger charge is 2.29. The van der Waals surface area contributed by atoms with Crippen LogP contribution in [0.5, 0.6) is 0 Å². The fraction of sp³-hybridized carbons (Fsp3) is 0.279. The fourth-order valence-corrected chi connectivity index (χ4v) is 6.85. The van der Waals surface area contributed by atoms with Crippen molar-refractivity contribution in [1.82, 2.24) is 20.2 Å². The number of hydrogen-bond donors (Lipinski definition) is 4. The standard InChI is InChI=1S/C39H38Cl2N6O2.C4H10O/c1-4-47(26(3)28-12-14-29(40)15-13-28)37(25(2)27-9-6-5-7-10-27)35-32-17-16-30(41)23-34(32)44-36(35)39(49)45-33-11-8-20-42-38(33)46-21-18-31(19-22-46)43-24-48;1-4(2,3)5/h4-17,20,23-24,26,31,44H,1,18-19,21-22H2,2-3H3,(H,43,48)(H,45,49);5H,1-3H3/b37-25+;. The molecule has 9 nitrogen and oxygen atoms in total. The molecule has 0 bridgehead atoms. The van der Waals surface area contributed by atoms with Crippen molar-refractivity contribution in [3.8, 4) is 0 Å². The van der Waals surface area contributed by atoms with Crippen molar-refractivity contribution in [2.45, 2.75) is 65.1 Å². The number of nitrogens with one attached hydrogen (secondary N) is 3. The van der Waals surface area contributed by atoms with Gasteiger partial charge in [0.2, 0.25) is 6.41 Å². The maximum atomic E-state index is 14.6. The minimum Gasteiger partial charge on any atom is -0.391 e. The molecule has 2 amide bonds. The van der Waals surface area contributed by atoms with Gasteiger partial charge >= 0.3 is 0 Å². The van der Waals surface area contributed by atoms with Crippen molar-refractivity contribution in [3.05, 3.63) is 136 Å². The Morgan fingerprint density at radius 3 is 2.30 bits per heavy atom. The molecular formula is C43H48Cl2N6O3. The first-order valence-corrected chi connectivity index (χ1v) is 18.7. The number of fused-ring (bicyclic) bond motifs is 1. The maximum absolute atomic E-state index is 14.6. The Morgan fingerprint density at radius 1 is 1.02 bits per heavy atom. The molecule has 11 heteroatoms. The zero-order valence-electron chi connectivity index (χ0n) is 31.4. The van der Waals surface area contributed by atoms with E-state index in [1.165, 1.54) is 0 Å². The number of halogens is 2. The summed E-state index contributed by atoms with van der Waals surface area (Å²) in [6.07, 6.45) is 5.85. The van der Waals surface area contributed by atoms with Gasteiger partial charge in [0.25, 0.3) is 5.91 Å². The van der Waals surface area contributed by atoms with Gasteiger partial charge in [-0.1, -0.05) is 78.3 Å². The molecule has 0 saturated carbocycles. The summed E-state index contributed by atoms with van der Waals surface area (Å²) in [6, 6.07) is 27.1. The lowest BCUT2D eigenvalue weighted by atomic mass is 9.95. The second kappa shape index (κ2) is 17.8. The van der Waals surface area contributed by atoms with E-state index in [1.807, 2.05) is 72.8 Å². The van der Waals surface area contributed by atoms with Gasteiger partial charge in [-0.2, -0.15) is 0 Å². The van der Waals surface area contributed by atoms with Crippen LogP contribution in [0.1, 0.15) is 80.7 Å². The van der Waals surface area contributed by atoms with Gasteiger partial charge in [0.05, 0.1) is 23.0 Å². The summed E-state index contributed by atoms with van der Waals surface area (Å²) in [5.74, 6) is 0.358. The topological polar surface area (TPSA) is 114 Å². The summed E-state index contributed by atoms with van der Waals surface area (Å²) in [5.41, 5.74) is 5.73. The molecule has 4 N–H and O–H groups in total. The number of aliphatic hydroxyl groups is 1. The van der Waals surface area contributed by atoms with Gasteiger partial charge in [-0.15, -0.1) is 0 Å². The summed E-state index contributed by atoms with van der Waals surface area (Å²) >= 11 is 12.7. The van der Waals surface area contributed by atoms with E-state index in [4.69, 9.17) is 28.3 Å². The van der Waals surface area contributed by atoms with Crippen LogP contribution < -0.4 is 15.5 Å². The summed E-state index contributed by atoms with van der Waals surface area (Å²) in [7, 11) is 0. The Morgan fingerprint density at radius 2 is 1.67 bits per heavy atom. The fourth-order valence-electron chi connectivity index (χ4n) is 6.55. The molecule has 3 heterocycles. The number of carbonyl (C=O) groups excluding carboxylic acids is 2. The number of aromatic nitrogens is 2. The Balaban J connectivity index is 0.00000105. The van der Waals surface area contributed by atoms with Crippen LogP contribution in [0.2, 0.25) is 10.0 Å². The number of benzene rings is 3. The van der Waals surface area contributed by atoms with Crippen LogP contribution in [0, 0.1) is 0 Å². The Hall–Kier alpha value is -5.09. The SMILES string of the molecule is C=CN(/C(=C(\C)c1ccccc1)c1c(C(=O)Nc2cccnc2N2CCC(NC=O)CC2)[nH]c2cc(Cl)ccc12)C(C)c1ccc(Cl)cc1.CC(C)(C)O. The number of rotatable bonds is 11. The zero-order valence-corrected chi connectivity index (χ0v) is 32.9. The number of piperidine rings is 1. The molecule has 2 aromatic heterocycles. The number of carbonyl (C=O) groups is 2. The van der Waals surface area contributed by atoms with Crippen molar-refractivity contribution < 1.29 is 14.7 Å². The van der Waals surface area contributed by atoms with Crippen LogP contribution in [-0.2, 0) is 4.79 Å². The third-order valence-corrected chi connectivity index (χ3v) is 9.63. The highest BCUT2D eigenvalue weighted by molar-refractivity contribution is 6.31. The van der Waals surface area contributed by atoms with Gasteiger partial charge < -0.3 is 30.5 Å². The van der Waals surface area contributed by atoms with Crippen LogP contribution in [0.25, 0.3) is 22.2 Å². The van der Waals surface area contributed by atoms with Gasteiger partial charge in [-0.3, -0.25) is 9.59 Å². The number of H-pyrrole nitrogens is 1. The van der Waals surface area contributed by atoms with Crippen molar-refractivity contribution in [1.29, 1.82) is 0 Å². The van der Waals surface area contributed by atoms with E-state index in [0.29, 0.717) is 40.3 Å². The molecule has 0 aliphatic carbocycles. The van der Waals surface area contributed by atoms with E-state index in [0.717, 1.165) is 58.1 Å². The smallest absolute Gasteiger partial charge is 0.272 e. The van der Waals surface area contributed by atoms with E-state index in [9.17, 15) is 9.59 Å². The predicted molar refractivity (Wildman–Crippen MR) is 223 cm³/mol. The summed E-state index contributed by atoms with van der Waals surface area (Å²) in [6.45, 7) is 15.0. The molecule has 282 valence electrons. The van der Waals surface area contributed by atoms with Crippen molar-refractivity contribution >= 4 is 69.2 Å². The average Bonchev–Trinajstić information content (AvgIpc) is 3.52. The molecular weight excluding hydrogens is 719 g/mol. The number of anilines is 2. The Labute approximate surface area is 327 Å². The molecule has 6 rings (SSSR count). The van der Waals surface area contributed by atoms with Crippen LogP contribution in [0.15, 0.2) is 104 Å². The summed E-state index contributed by atoms with van der Waals surface area (Å²) < 4.78 is 0. The van der Waals surface area contributed by atoms with Gasteiger partial charge in [-0.05, 0) is 107 Å². The molecule has 3 aromatic carbocycles. The quantitative estimate of drug-likeness (QED) is 0.0997. The van der Waals surface area contributed by atoms with E-state index in [-0.39, 0.29) is 18.0 Å². The minimum atomic E-state index is -0.500. The Kier molecular flexibility index (Phi) is 13.2. The van der Waals surface area contributed by atoms with Crippen LogP contribution >= 0.6 is 23.2 Å². The molecule has 1 unspecified atom stereocenters. The van der Waals surface area contributed by atoms with Crippen LogP contribution in [-0.4, -0.2) is 57.0 Å². The van der Waals surface area contributed by atoms with Crippen molar-refractivity contribution in [2.75, 3.05) is 23.3 Å². The number of nitrogens with zero attached hydrogens (tertiary/aromatic N) is 3. The number of hydrogen-bond acceptors (Lipinski definition) is 6. The number of allylic oxidation sites excluding steroid dienone is 1. The highest BCUT2D eigenvalue weighted by atomic mass is 35.5. The van der Waals surface area contributed by atoms with E-state index in [2.05, 4.69) is 63.0 Å². The third-order valence-electron chi connectivity index (χ3n) is 9.14. The first kappa shape index (κ1) is 40.1. The number of aromatic amines is 1. The van der Waals surface area contributed by atoms with Crippen molar-refractivity contribution in [2.24, 2.45) is 0 Å². The first-order valence-electron chi connectivity index (χ1n) is 18.0. The monoisotopic (exact) mass is 766 g/mol. The lowest BCUT2D eigenvalue weighted by Gasteiger charge is -2.33. The largest absolute Gasteiger partial charge is 0.391 e. The number of amides is 2. The molecule has 1 aliphatic rings. The van der Waals surface area contributed by atoms with Crippen LogP contribution in [0.4, 0.5) is 11.5 Å².